The van der Waals surface area contributed by atoms with Crippen molar-refractivity contribution >= 4 is 23.9 Å². The molecule has 32 valence electrons. The predicted octanol–water partition coefficient (Wildman–Crippen LogP) is -2.27. The van der Waals surface area contributed by atoms with Crippen molar-refractivity contribution in [1.82, 2.24) is 0 Å². The van der Waals surface area contributed by atoms with Gasteiger partial charge >= 0.3 is 23.9 Å². The molecule has 0 aromatic heterocycles. The third kappa shape index (κ3) is 79.2. The number of hydrogen-bond acceptors (Lipinski definition) is 0. The molecule has 0 aromatic rings. The Morgan fingerprint density at radius 2 is 0.600 bits per heavy atom. The van der Waals surface area contributed by atoms with Gasteiger partial charge in [-0.15, -0.1) is 0 Å². The van der Waals surface area contributed by atoms with Crippen LogP contribution in [0.1, 0.15) is 0 Å². The van der Waals surface area contributed by atoms with E-state index >= 15 is 0 Å². The maximum Gasteiger partial charge on any atom is 4.00 e. The zero-order chi connectivity index (χ0) is 0. The van der Waals surface area contributed by atoms with Crippen molar-refractivity contribution in [2.24, 2.45) is 0 Å². The van der Waals surface area contributed by atoms with Crippen molar-refractivity contribution in [3.05, 3.63) is 0 Å². The molecule has 0 amide bonds. The Labute approximate surface area is 46.4 Å². The molecule has 0 fully saturated rings. The summed E-state index contributed by atoms with van der Waals surface area (Å²) in [5, 5.41) is 0. The molecule has 0 bridgehead atoms. The van der Waals surface area contributed by atoms with Crippen LogP contribution in [0.15, 0.2) is 0 Å². The van der Waals surface area contributed by atoms with Crippen LogP contribution < -0.4 is 0 Å². The van der Waals surface area contributed by atoms with Gasteiger partial charge in [-0.3, -0.25) is 0 Å². The molecule has 0 rings (SSSR count). The SMILES string of the molecule is O.O.[O-2].[O-2].[Sn+4]. The van der Waals surface area contributed by atoms with Crippen LogP contribution in [0.3, 0.4) is 0 Å². The minimum Gasteiger partial charge on any atom is -2.00 e. The van der Waals surface area contributed by atoms with E-state index in [0.717, 1.165) is 0 Å². The molecule has 0 saturated carbocycles. The Kier molecular flexibility index (Phi) is 8960. The van der Waals surface area contributed by atoms with Gasteiger partial charge in [0.2, 0.25) is 0 Å². The first-order chi connectivity index (χ1) is 0. The zero-order valence-electron chi connectivity index (χ0n) is 2.32. The summed E-state index contributed by atoms with van der Waals surface area (Å²) in [5.74, 6) is 0. The van der Waals surface area contributed by atoms with E-state index in [-0.39, 0.29) is 45.8 Å². The Morgan fingerprint density at radius 1 is 0.600 bits per heavy atom. The Hall–Kier alpha value is 0.639. The fourth-order valence-corrected chi connectivity index (χ4v) is 0. The van der Waals surface area contributed by atoms with E-state index in [2.05, 4.69) is 0 Å². The van der Waals surface area contributed by atoms with Crippen molar-refractivity contribution in [3.63, 3.8) is 0 Å². The second-order valence-corrected chi connectivity index (χ2v) is 0. The molecule has 5 heteroatoms. The number of hydrogen-bond donors (Lipinski definition) is 0. The maximum atomic E-state index is 0. The van der Waals surface area contributed by atoms with E-state index in [0.29, 0.717) is 0 Å². The van der Waals surface area contributed by atoms with Crippen molar-refractivity contribution in [2.75, 3.05) is 0 Å². The van der Waals surface area contributed by atoms with Crippen molar-refractivity contribution in [3.8, 4) is 0 Å². The predicted molar refractivity (Wildman–Crippen MR) is 14.4 cm³/mol. The Balaban J connectivity index is 0. The van der Waals surface area contributed by atoms with E-state index in [1.165, 1.54) is 0 Å². The molecule has 0 spiro atoms. The average Bonchev–Trinajstić information content (AvgIpc) is 0. The summed E-state index contributed by atoms with van der Waals surface area (Å²) in [6.07, 6.45) is 0. The minimum atomic E-state index is 0. The standard InChI is InChI=1S/2H2O.2O.Sn/h2*1H2;;;/q;;2*-2;+4. The number of rotatable bonds is 0. The first-order valence-corrected chi connectivity index (χ1v) is 0. The van der Waals surface area contributed by atoms with Crippen molar-refractivity contribution < 1.29 is 21.9 Å². The van der Waals surface area contributed by atoms with Gasteiger partial charge in [0.05, 0.1) is 0 Å². The topological polar surface area (TPSA) is 120 Å². The second-order valence-electron chi connectivity index (χ2n) is 0. The molecule has 4 N–H and O–H groups in total. The van der Waals surface area contributed by atoms with Gasteiger partial charge < -0.3 is 21.9 Å². The van der Waals surface area contributed by atoms with Crippen LogP contribution in [0.5, 0.6) is 0 Å². The molecule has 0 saturated heterocycles. The van der Waals surface area contributed by atoms with E-state index in [9.17, 15) is 0 Å². The van der Waals surface area contributed by atoms with Gasteiger partial charge in [-0.25, -0.2) is 0 Å². The summed E-state index contributed by atoms with van der Waals surface area (Å²) < 4.78 is 0. The minimum absolute atomic E-state index is 0. The molecule has 0 radical (unpaired) electrons. The third-order valence-electron chi connectivity index (χ3n) is 0. The third-order valence-corrected chi connectivity index (χ3v) is 0. The van der Waals surface area contributed by atoms with Gasteiger partial charge in [0.15, 0.2) is 0 Å². The van der Waals surface area contributed by atoms with Crippen molar-refractivity contribution in [1.29, 1.82) is 0 Å². The van der Waals surface area contributed by atoms with Gasteiger partial charge in [0, 0.05) is 0 Å². The van der Waals surface area contributed by atoms with Crippen LogP contribution in [0.25, 0.3) is 0 Å². The van der Waals surface area contributed by atoms with E-state index < -0.39 is 0 Å². The van der Waals surface area contributed by atoms with E-state index in [4.69, 9.17) is 0 Å². The smallest absolute Gasteiger partial charge is 2.00 e. The fraction of sp³-hybridized carbons (Fsp3) is 0. The first kappa shape index (κ1) is 297. The summed E-state index contributed by atoms with van der Waals surface area (Å²) >= 11 is 0. The Bertz CT molecular complexity index is 3.61. The summed E-state index contributed by atoms with van der Waals surface area (Å²) in [7, 11) is 0. The molecule has 0 aromatic carbocycles. The molecule has 0 unspecified atom stereocenters. The summed E-state index contributed by atoms with van der Waals surface area (Å²) in [6, 6.07) is 0. The Morgan fingerprint density at radius 3 is 0.600 bits per heavy atom. The van der Waals surface area contributed by atoms with Crippen LogP contribution in [-0.2, 0) is 11.0 Å². The molecule has 0 aliphatic heterocycles. The molecule has 0 aliphatic carbocycles. The first-order valence-electron chi connectivity index (χ1n) is 0. The maximum absolute atomic E-state index is 0. The molecule has 5 heavy (non-hydrogen) atoms. The van der Waals surface area contributed by atoms with Crippen LogP contribution in [0.4, 0.5) is 0 Å². The normalized spacial score (nSPS) is 0. The molecular weight excluding hydrogens is 183 g/mol. The average molecular weight is 187 g/mol. The fourth-order valence-electron chi connectivity index (χ4n) is 0. The van der Waals surface area contributed by atoms with Crippen LogP contribution >= 0.6 is 0 Å². The van der Waals surface area contributed by atoms with Crippen LogP contribution in [-0.4, -0.2) is 34.9 Å². The molecule has 0 heterocycles. The quantitative estimate of drug-likeness (QED) is 0.379. The zero-order valence-corrected chi connectivity index (χ0v) is 5.17. The van der Waals surface area contributed by atoms with Crippen LogP contribution in [0, 0.1) is 0 Å². The molecular formula is H4O4Sn. The van der Waals surface area contributed by atoms with E-state index in [1.807, 2.05) is 0 Å². The summed E-state index contributed by atoms with van der Waals surface area (Å²) in [5.41, 5.74) is 0. The van der Waals surface area contributed by atoms with Gasteiger partial charge in [-0.05, 0) is 0 Å². The van der Waals surface area contributed by atoms with E-state index in [1.54, 1.807) is 0 Å². The second kappa shape index (κ2) is 151. The van der Waals surface area contributed by atoms with Crippen LogP contribution in [0.2, 0.25) is 0 Å². The summed E-state index contributed by atoms with van der Waals surface area (Å²) in [6.45, 7) is 0. The van der Waals surface area contributed by atoms with Gasteiger partial charge in [0.1, 0.15) is 0 Å². The van der Waals surface area contributed by atoms with Crippen molar-refractivity contribution in [2.45, 2.75) is 0 Å². The van der Waals surface area contributed by atoms with Gasteiger partial charge in [0.25, 0.3) is 0 Å². The largest absolute Gasteiger partial charge is 4.00 e. The monoisotopic (exact) mass is 188 g/mol. The van der Waals surface area contributed by atoms with Gasteiger partial charge in [-0.2, -0.15) is 0 Å². The van der Waals surface area contributed by atoms with Gasteiger partial charge in [-0.1, -0.05) is 0 Å². The molecule has 0 atom stereocenters. The molecule has 0 aliphatic rings. The summed E-state index contributed by atoms with van der Waals surface area (Å²) in [4.78, 5) is 0. The molecule has 4 nitrogen and oxygen atoms in total.